The summed E-state index contributed by atoms with van der Waals surface area (Å²) in [6.45, 7) is 1.75. The van der Waals surface area contributed by atoms with Crippen LogP contribution < -0.4 is 0 Å². The summed E-state index contributed by atoms with van der Waals surface area (Å²) in [5, 5.41) is 9.44. The predicted molar refractivity (Wildman–Crippen MR) is 53.6 cm³/mol. The molecule has 0 saturated carbocycles. The molecule has 0 fully saturated rings. The topological polar surface area (TPSA) is 37.3 Å². The molecule has 70 valence electrons. The zero-order valence-corrected chi connectivity index (χ0v) is 8.88. The average Bonchev–Trinajstić information content (AvgIpc) is 2.03. The van der Waals surface area contributed by atoms with Crippen LogP contribution >= 0.6 is 15.9 Å². The number of carboxylic acids is 1. The smallest absolute Gasteiger partial charge is 0.306 e. The van der Waals surface area contributed by atoms with Crippen LogP contribution in [0.3, 0.4) is 0 Å². The molecule has 0 rings (SSSR count). The molecule has 0 aliphatic rings. The Kier molecular flexibility index (Phi) is 7.16. The van der Waals surface area contributed by atoms with Crippen molar-refractivity contribution in [2.75, 3.05) is 5.33 Å². The van der Waals surface area contributed by atoms with Crippen LogP contribution in [-0.2, 0) is 4.79 Å². The number of hydrogen-bond acceptors (Lipinski definition) is 1. The molecule has 0 bridgehead atoms. The predicted octanol–water partition coefficient (Wildman–Crippen LogP) is 2.83. The molecule has 0 aromatic rings. The molecule has 2 nitrogen and oxygen atoms in total. The second-order valence-electron chi connectivity index (χ2n) is 2.80. The van der Waals surface area contributed by atoms with Gasteiger partial charge in [-0.15, -0.1) is 0 Å². The van der Waals surface area contributed by atoms with Gasteiger partial charge in [-0.1, -0.05) is 35.0 Å². The highest BCUT2D eigenvalue weighted by Gasteiger charge is 2.08. The Hall–Kier alpha value is -0.310. The van der Waals surface area contributed by atoms with E-state index in [1.165, 1.54) is 0 Å². The highest BCUT2D eigenvalue weighted by atomic mass is 79.9. The monoisotopic (exact) mass is 234 g/mol. The fraction of sp³-hybridized carbons (Fsp3) is 0.667. The Morgan fingerprint density at radius 3 is 2.75 bits per heavy atom. The lowest BCUT2D eigenvalue weighted by atomic mass is 10.0. The van der Waals surface area contributed by atoms with Crippen LogP contribution in [-0.4, -0.2) is 16.4 Å². The first-order chi connectivity index (χ1) is 5.68. The fourth-order valence-corrected chi connectivity index (χ4v) is 1.11. The van der Waals surface area contributed by atoms with Gasteiger partial charge in [-0.3, -0.25) is 4.79 Å². The summed E-state index contributed by atoms with van der Waals surface area (Å²) in [7, 11) is 0. The minimum Gasteiger partial charge on any atom is -0.481 e. The summed E-state index contributed by atoms with van der Waals surface area (Å²) in [5.41, 5.74) is 0. The van der Waals surface area contributed by atoms with Crippen LogP contribution in [0.5, 0.6) is 0 Å². The SMILES string of the molecule is CC(CCC/C=C/CBr)C(=O)O. The van der Waals surface area contributed by atoms with Gasteiger partial charge in [-0.05, 0) is 19.3 Å². The molecule has 0 aromatic carbocycles. The molecule has 3 heteroatoms. The van der Waals surface area contributed by atoms with Crippen molar-refractivity contribution in [2.45, 2.75) is 26.2 Å². The van der Waals surface area contributed by atoms with Gasteiger partial charge in [0.15, 0.2) is 0 Å². The van der Waals surface area contributed by atoms with Crippen molar-refractivity contribution in [3.63, 3.8) is 0 Å². The van der Waals surface area contributed by atoms with Gasteiger partial charge in [-0.25, -0.2) is 0 Å². The Balaban J connectivity index is 3.31. The third-order valence-corrected chi connectivity index (χ3v) is 2.06. The van der Waals surface area contributed by atoms with E-state index in [1.54, 1.807) is 6.92 Å². The molecular weight excluding hydrogens is 220 g/mol. The summed E-state index contributed by atoms with van der Waals surface area (Å²) in [6.07, 6.45) is 6.80. The third-order valence-electron chi connectivity index (χ3n) is 1.69. The minimum atomic E-state index is -0.695. The zero-order chi connectivity index (χ0) is 9.40. The van der Waals surface area contributed by atoms with Crippen molar-refractivity contribution in [1.29, 1.82) is 0 Å². The normalized spacial score (nSPS) is 13.5. The van der Waals surface area contributed by atoms with E-state index in [4.69, 9.17) is 5.11 Å². The summed E-state index contributed by atoms with van der Waals surface area (Å²) in [4.78, 5) is 10.4. The van der Waals surface area contributed by atoms with Crippen LogP contribution in [0.25, 0.3) is 0 Å². The van der Waals surface area contributed by atoms with Gasteiger partial charge in [0, 0.05) is 5.33 Å². The number of aliphatic carboxylic acids is 1. The number of allylic oxidation sites excluding steroid dienone is 2. The number of rotatable bonds is 6. The highest BCUT2D eigenvalue weighted by Crippen LogP contribution is 2.07. The van der Waals surface area contributed by atoms with Gasteiger partial charge in [-0.2, -0.15) is 0 Å². The van der Waals surface area contributed by atoms with E-state index in [0.717, 1.165) is 24.6 Å². The number of carboxylic acid groups (broad SMARTS) is 1. The van der Waals surface area contributed by atoms with Crippen LogP contribution in [0, 0.1) is 5.92 Å². The summed E-state index contributed by atoms with van der Waals surface area (Å²) in [5.74, 6) is -0.901. The third kappa shape index (κ3) is 6.40. The van der Waals surface area contributed by atoms with E-state index < -0.39 is 5.97 Å². The lowest BCUT2D eigenvalue weighted by molar-refractivity contribution is -0.141. The van der Waals surface area contributed by atoms with Crippen LogP contribution in [0.15, 0.2) is 12.2 Å². The summed E-state index contributed by atoms with van der Waals surface area (Å²) >= 11 is 3.27. The molecule has 0 amide bonds. The first-order valence-electron chi connectivity index (χ1n) is 4.12. The van der Waals surface area contributed by atoms with Gasteiger partial charge >= 0.3 is 5.97 Å². The van der Waals surface area contributed by atoms with Gasteiger partial charge in [0.2, 0.25) is 0 Å². The van der Waals surface area contributed by atoms with Crippen molar-refractivity contribution in [1.82, 2.24) is 0 Å². The molecular formula is C9H15BrO2. The maximum atomic E-state index is 10.4. The van der Waals surface area contributed by atoms with Gasteiger partial charge in [0.05, 0.1) is 5.92 Å². The quantitative estimate of drug-likeness (QED) is 0.436. The van der Waals surface area contributed by atoms with Gasteiger partial charge < -0.3 is 5.11 Å². The molecule has 0 heterocycles. The molecule has 0 aliphatic carbocycles. The standard InChI is InChI=1S/C9H15BrO2/c1-8(9(11)12)6-4-2-3-5-7-10/h3,5,8H,2,4,6-7H2,1H3,(H,11,12)/b5-3+. The maximum absolute atomic E-state index is 10.4. The van der Waals surface area contributed by atoms with E-state index in [0.29, 0.717) is 0 Å². The Bertz CT molecular complexity index is 155. The molecule has 0 spiro atoms. The number of halogens is 1. The molecule has 0 aromatic heterocycles. The second kappa shape index (κ2) is 7.35. The Morgan fingerprint density at radius 2 is 2.25 bits per heavy atom. The number of unbranched alkanes of at least 4 members (excludes halogenated alkanes) is 1. The number of carbonyl (C=O) groups is 1. The zero-order valence-electron chi connectivity index (χ0n) is 7.29. The van der Waals surface area contributed by atoms with E-state index >= 15 is 0 Å². The first kappa shape index (κ1) is 11.7. The molecule has 12 heavy (non-hydrogen) atoms. The molecule has 1 N–H and O–H groups in total. The van der Waals surface area contributed by atoms with E-state index in [9.17, 15) is 4.79 Å². The Morgan fingerprint density at radius 1 is 1.58 bits per heavy atom. The molecule has 0 radical (unpaired) electrons. The molecule has 1 unspecified atom stereocenters. The first-order valence-corrected chi connectivity index (χ1v) is 5.24. The molecule has 1 atom stereocenters. The van der Waals surface area contributed by atoms with Gasteiger partial charge in [0.1, 0.15) is 0 Å². The van der Waals surface area contributed by atoms with Crippen LogP contribution in [0.2, 0.25) is 0 Å². The summed E-state index contributed by atoms with van der Waals surface area (Å²) < 4.78 is 0. The average molecular weight is 235 g/mol. The Labute approximate surface area is 81.8 Å². The lowest BCUT2D eigenvalue weighted by Crippen LogP contribution is -2.08. The molecule has 0 saturated heterocycles. The van der Waals surface area contributed by atoms with Gasteiger partial charge in [0.25, 0.3) is 0 Å². The van der Waals surface area contributed by atoms with Crippen molar-refractivity contribution < 1.29 is 9.90 Å². The minimum absolute atomic E-state index is 0.206. The van der Waals surface area contributed by atoms with E-state index in [1.807, 2.05) is 6.08 Å². The maximum Gasteiger partial charge on any atom is 0.306 e. The summed E-state index contributed by atoms with van der Waals surface area (Å²) in [6, 6.07) is 0. The van der Waals surface area contributed by atoms with E-state index in [-0.39, 0.29) is 5.92 Å². The fourth-order valence-electron chi connectivity index (χ4n) is 0.846. The van der Waals surface area contributed by atoms with Crippen molar-refractivity contribution in [3.8, 4) is 0 Å². The second-order valence-corrected chi connectivity index (χ2v) is 3.44. The van der Waals surface area contributed by atoms with Crippen LogP contribution in [0.1, 0.15) is 26.2 Å². The molecule has 0 aliphatic heterocycles. The van der Waals surface area contributed by atoms with Crippen LogP contribution in [0.4, 0.5) is 0 Å². The largest absolute Gasteiger partial charge is 0.481 e. The van der Waals surface area contributed by atoms with E-state index in [2.05, 4.69) is 22.0 Å². The van der Waals surface area contributed by atoms with Crippen molar-refractivity contribution in [2.24, 2.45) is 5.92 Å². The number of alkyl halides is 1. The van der Waals surface area contributed by atoms with Crippen molar-refractivity contribution >= 4 is 21.9 Å². The highest BCUT2D eigenvalue weighted by molar-refractivity contribution is 9.09. The lowest BCUT2D eigenvalue weighted by Gasteiger charge is -2.02. The van der Waals surface area contributed by atoms with Crippen molar-refractivity contribution in [3.05, 3.63) is 12.2 Å². The number of hydrogen-bond donors (Lipinski definition) is 1.